The number of benzene rings is 1. The highest BCUT2D eigenvalue weighted by Crippen LogP contribution is 2.27. The molecule has 0 atom stereocenters. The van der Waals surface area contributed by atoms with Crippen LogP contribution in [-0.4, -0.2) is 34.6 Å². The maximum atomic E-state index is 12.3. The van der Waals surface area contributed by atoms with E-state index in [4.69, 9.17) is 0 Å². The summed E-state index contributed by atoms with van der Waals surface area (Å²) in [6.45, 7) is 1.88. The van der Waals surface area contributed by atoms with Gasteiger partial charge in [-0.05, 0) is 18.9 Å². The van der Waals surface area contributed by atoms with Gasteiger partial charge in [-0.1, -0.05) is 31.0 Å². The van der Waals surface area contributed by atoms with E-state index in [1.807, 2.05) is 23.2 Å². The summed E-state index contributed by atoms with van der Waals surface area (Å²) >= 11 is 1.64. The Kier molecular flexibility index (Phi) is 4.31. The van der Waals surface area contributed by atoms with E-state index in [0.29, 0.717) is 5.75 Å². The van der Waals surface area contributed by atoms with Gasteiger partial charge in [0.25, 0.3) is 0 Å². The Morgan fingerprint density at radius 3 is 2.70 bits per heavy atom. The van der Waals surface area contributed by atoms with E-state index in [1.54, 1.807) is 11.8 Å². The summed E-state index contributed by atoms with van der Waals surface area (Å²) in [4.78, 5) is 18.7. The largest absolute Gasteiger partial charge is 0.360 e. The minimum absolute atomic E-state index is 0.280. The second kappa shape index (κ2) is 6.35. The molecule has 1 N–H and O–H groups in total. The molecule has 4 heteroatoms. The highest BCUT2D eigenvalue weighted by atomic mass is 32.2. The highest BCUT2D eigenvalue weighted by molar-refractivity contribution is 8.00. The van der Waals surface area contributed by atoms with Gasteiger partial charge in [0.05, 0.1) is 5.75 Å². The van der Waals surface area contributed by atoms with Crippen molar-refractivity contribution < 1.29 is 4.79 Å². The molecule has 0 aliphatic carbocycles. The standard InChI is InChI=1S/C16H20N2OS/c19-16(18-9-5-1-2-6-10-18)12-20-15-11-17-14-8-4-3-7-13(14)15/h3-4,7-8,11,17H,1-2,5-6,9-10,12H2. The number of aromatic nitrogens is 1. The van der Waals surface area contributed by atoms with Crippen molar-refractivity contribution in [3.8, 4) is 0 Å². The van der Waals surface area contributed by atoms with Crippen LogP contribution in [0.4, 0.5) is 0 Å². The van der Waals surface area contributed by atoms with Crippen molar-refractivity contribution in [3.05, 3.63) is 30.5 Å². The molecule has 0 bridgehead atoms. The van der Waals surface area contributed by atoms with Crippen LogP contribution in [0.25, 0.3) is 10.9 Å². The van der Waals surface area contributed by atoms with Gasteiger partial charge < -0.3 is 9.88 Å². The molecule has 1 aromatic carbocycles. The molecule has 1 fully saturated rings. The first kappa shape index (κ1) is 13.6. The van der Waals surface area contributed by atoms with Gasteiger partial charge >= 0.3 is 0 Å². The molecule has 1 aliphatic heterocycles. The first-order chi connectivity index (χ1) is 9.84. The topological polar surface area (TPSA) is 36.1 Å². The number of fused-ring (bicyclic) bond motifs is 1. The normalized spacial score (nSPS) is 16.3. The summed E-state index contributed by atoms with van der Waals surface area (Å²) in [5.74, 6) is 0.823. The summed E-state index contributed by atoms with van der Waals surface area (Å²) < 4.78 is 0. The molecule has 3 rings (SSSR count). The Balaban J connectivity index is 1.62. The summed E-state index contributed by atoms with van der Waals surface area (Å²) in [5, 5.41) is 1.21. The highest BCUT2D eigenvalue weighted by Gasteiger charge is 2.16. The molecule has 20 heavy (non-hydrogen) atoms. The summed E-state index contributed by atoms with van der Waals surface area (Å²) in [5.41, 5.74) is 1.14. The van der Waals surface area contributed by atoms with Gasteiger partial charge in [0.15, 0.2) is 0 Å². The van der Waals surface area contributed by atoms with Crippen molar-refractivity contribution in [2.45, 2.75) is 30.6 Å². The molecule has 1 aromatic heterocycles. The van der Waals surface area contributed by atoms with E-state index >= 15 is 0 Å². The first-order valence-corrected chi connectivity index (χ1v) is 8.30. The molecule has 1 saturated heterocycles. The van der Waals surface area contributed by atoms with Gasteiger partial charge in [0, 0.05) is 35.1 Å². The van der Waals surface area contributed by atoms with E-state index < -0.39 is 0 Å². The van der Waals surface area contributed by atoms with E-state index in [2.05, 4.69) is 17.1 Å². The molecule has 0 spiro atoms. The number of hydrogen-bond donors (Lipinski definition) is 1. The first-order valence-electron chi connectivity index (χ1n) is 7.31. The number of carbonyl (C=O) groups excluding carboxylic acids is 1. The van der Waals surface area contributed by atoms with Crippen LogP contribution in [0.3, 0.4) is 0 Å². The number of amides is 1. The van der Waals surface area contributed by atoms with Crippen LogP contribution in [0.15, 0.2) is 35.4 Å². The lowest BCUT2D eigenvalue weighted by Gasteiger charge is -2.19. The molecule has 3 nitrogen and oxygen atoms in total. The lowest BCUT2D eigenvalue weighted by atomic mass is 10.2. The third kappa shape index (κ3) is 3.01. The molecular formula is C16H20N2OS. The van der Waals surface area contributed by atoms with Gasteiger partial charge in [-0.2, -0.15) is 0 Å². The Bertz CT molecular complexity index is 585. The zero-order valence-corrected chi connectivity index (χ0v) is 12.4. The third-order valence-electron chi connectivity index (χ3n) is 3.86. The Labute approximate surface area is 123 Å². The molecule has 0 radical (unpaired) electrons. The number of rotatable bonds is 3. The number of likely N-dealkylation sites (tertiary alicyclic amines) is 1. The monoisotopic (exact) mass is 288 g/mol. The summed E-state index contributed by atoms with van der Waals surface area (Å²) in [6.07, 6.45) is 6.84. The van der Waals surface area contributed by atoms with Crippen molar-refractivity contribution in [2.75, 3.05) is 18.8 Å². The SMILES string of the molecule is O=C(CSc1c[nH]c2ccccc12)N1CCCCCC1. The van der Waals surface area contributed by atoms with Crippen molar-refractivity contribution >= 4 is 28.6 Å². The van der Waals surface area contributed by atoms with Crippen LogP contribution in [0.1, 0.15) is 25.7 Å². The van der Waals surface area contributed by atoms with Crippen LogP contribution in [0, 0.1) is 0 Å². The van der Waals surface area contributed by atoms with E-state index in [9.17, 15) is 4.79 Å². The number of para-hydroxylation sites is 1. The van der Waals surface area contributed by atoms with Gasteiger partial charge in [0.2, 0.25) is 5.91 Å². The number of carbonyl (C=O) groups is 1. The molecule has 2 aromatic rings. The molecule has 0 saturated carbocycles. The lowest BCUT2D eigenvalue weighted by Crippen LogP contribution is -2.33. The number of nitrogens with zero attached hydrogens (tertiary/aromatic N) is 1. The van der Waals surface area contributed by atoms with E-state index in [-0.39, 0.29) is 5.91 Å². The lowest BCUT2D eigenvalue weighted by molar-refractivity contribution is -0.128. The number of thioether (sulfide) groups is 1. The van der Waals surface area contributed by atoms with Crippen LogP contribution in [0.2, 0.25) is 0 Å². The fourth-order valence-electron chi connectivity index (χ4n) is 2.72. The average Bonchev–Trinajstić information content (AvgIpc) is 2.70. The minimum Gasteiger partial charge on any atom is -0.360 e. The fraction of sp³-hybridized carbons (Fsp3) is 0.438. The van der Waals surface area contributed by atoms with Crippen LogP contribution < -0.4 is 0 Å². The predicted molar refractivity (Wildman–Crippen MR) is 84.1 cm³/mol. The minimum atomic E-state index is 0.280. The Morgan fingerprint density at radius 1 is 1.15 bits per heavy atom. The summed E-state index contributed by atoms with van der Waals surface area (Å²) in [7, 11) is 0. The molecule has 1 aliphatic rings. The fourth-order valence-corrected chi connectivity index (χ4v) is 3.65. The van der Waals surface area contributed by atoms with Crippen LogP contribution in [0.5, 0.6) is 0 Å². The second-order valence-electron chi connectivity index (χ2n) is 5.28. The maximum absolute atomic E-state index is 12.3. The number of hydrogen-bond acceptors (Lipinski definition) is 2. The van der Waals surface area contributed by atoms with Crippen molar-refractivity contribution in [1.82, 2.24) is 9.88 Å². The van der Waals surface area contributed by atoms with Crippen molar-refractivity contribution in [2.24, 2.45) is 0 Å². The maximum Gasteiger partial charge on any atom is 0.232 e. The predicted octanol–water partition coefficient (Wildman–Crippen LogP) is 3.66. The molecule has 0 unspecified atom stereocenters. The number of H-pyrrole nitrogens is 1. The Hall–Kier alpha value is -1.42. The van der Waals surface area contributed by atoms with E-state index in [0.717, 1.165) is 31.4 Å². The van der Waals surface area contributed by atoms with Crippen molar-refractivity contribution in [1.29, 1.82) is 0 Å². The van der Waals surface area contributed by atoms with E-state index in [1.165, 1.54) is 23.1 Å². The third-order valence-corrected chi connectivity index (χ3v) is 4.90. The second-order valence-corrected chi connectivity index (χ2v) is 6.30. The zero-order chi connectivity index (χ0) is 13.8. The quantitative estimate of drug-likeness (QED) is 0.875. The smallest absolute Gasteiger partial charge is 0.232 e. The van der Waals surface area contributed by atoms with Gasteiger partial charge in [0.1, 0.15) is 0 Å². The molecule has 1 amide bonds. The van der Waals surface area contributed by atoms with Gasteiger partial charge in [-0.3, -0.25) is 4.79 Å². The summed E-state index contributed by atoms with van der Waals surface area (Å²) in [6, 6.07) is 8.23. The number of nitrogens with one attached hydrogen (secondary N) is 1. The molecular weight excluding hydrogens is 268 g/mol. The molecule has 2 heterocycles. The molecule has 106 valence electrons. The van der Waals surface area contributed by atoms with Crippen LogP contribution in [-0.2, 0) is 4.79 Å². The zero-order valence-electron chi connectivity index (χ0n) is 11.6. The van der Waals surface area contributed by atoms with Gasteiger partial charge in [-0.15, -0.1) is 11.8 Å². The van der Waals surface area contributed by atoms with Gasteiger partial charge in [-0.25, -0.2) is 0 Å². The van der Waals surface area contributed by atoms with Crippen LogP contribution >= 0.6 is 11.8 Å². The van der Waals surface area contributed by atoms with Crippen molar-refractivity contribution in [3.63, 3.8) is 0 Å². The average molecular weight is 288 g/mol. The number of aromatic amines is 1. The Morgan fingerprint density at radius 2 is 1.90 bits per heavy atom.